The summed E-state index contributed by atoms with van der Waals surface area (Å²) in [6, 6.07) is 10.8. The van der Waals surface area contributed by atoms with Crippen LogP contribution in [-0.4, -0.2) is 61.0 Å². The second kappa shape index (κ2) is 8.19. The van der Waals surface area contributed by atoms with Gasteiger partial charge in [-0.15, -0.1) is 11.3 Å². The van der Waals surface area contributed by atoms with Crippen molar-refractivity contribution in [3.63, 3.8) is 0 Å². The number of amides is 1. The zero-order valence-corrected chi connectivity index (χ0v) is 18.3. The molecule has 148 valence electrons. The van der Waals surface area contributed by atoms with E-state index in [4.69, 9.17) is 0 Å². The Balaban J connectivity index is 1.40. The standard InChI is InChI=1S/C21H26N4OS2/c1-15-5-7-16(8-6-15)14-24-9-4-10-25(12-11-24)20(26)18-13-17-19(27-18)22-21(28-17)23(2)3/h5-8,13H,4,9-12,14H2,1-3H3. The molecule has 1 amide bonds. The van der Waals surface area contributed by atoms with E-state index in [9.17, 15) is 4.79 Å². The maximum Gasteiger partial charge on any atom is 0.264 e. The summed E-state index contributed by atoms with van der Waals surface area (Å²) >= 11 is 3.16. The van der Waals surface area contributed by atoms with Gasteiger partial charge in [-0.3, -0.25) is 9.69 Å². The number of hydrogen-bond acceptors (Lipinski definition) is 6. The fraction of sp³-hybridized carbons (Fsp3) is 0.429. The van der Waals surface area contributed by atoms with E-state index in [-0.39, 0.29) is 5.91 Å². The summed E-state index contributed by atoms with van der Waals surface area (Å²) in [4.78, 5) is 25.9. The largest absolute Gasteiger partial charge is 0.354 e. The lowest BCUT2D eigenvalue weighted by molar-refractivity contribution is 0.0766. The van der Waals surface area contributed by atoms with Crippen LogP contribution < -0.4 is 4.90 Å². The van der Waals surface area contributed by atoms with Crippen molar-refractivity contribution < 1.29 is 4.79 Å². The lowest BCUT2D eigenvalue weighted by atomic mass is 10.1. The first kappa shape index (κ1) is 19.4. The van der Waals surface area contributed by atoms with Gasteiger partial charge in [0.05, 0.1) is 9.58 Å². The summed E-state index contributed by atoms with van der Waals surface area (Å²) in [7, 11) is 3.99. The van der Waals surface area contributed by atoms with Crippen LogP contribution >= 0.6 is 22.7 Å². The highest BCUT2D eigenvalue weighted by atomic mass is 32.1. The van der Waals surface area contributed by atoms with Crippen molar-refractivity contribution in [1.82, 2.24) is 14.8 Å². The van der Waals surface area contributed by atoms with Crippen LogP contribution in [0.3, 0.4) is 0 Å². The Morgan fingerprint density at radius 1 is 1.11 bits per heavy atom. The highest BCUT2D eigenvalue weighted by molar-refractivity contribution is 7.29. The zero-order valence-electron chi connectivity index (χ0n) is 16.6. The molecule has 0 bridgehead atoms. The van der Waals surface area contributed by atoms with E-state index in [1.54, 1.807) is 11.3 Å². The van der Waals surface area contributed by atoms with Gasteiger partial charge in [0.15, 0.2) is 5.13 Å². The molecular formula is C21H26N4OS2. The second-order valence-electron chi connectivity index (χ2n) is 7.58. The topological polar surface area (TPSA) is 39.7 Å². The third-order valence-corrected chi connectivity index (χ3v) is 7.39. The number of rotatable bonds is 4. The molecule has 1 fully saturated rings. The van der Waals surface area contributed by atoms with Gasteiger partial charge in [-0.25, -0.2) is 4.98 Å². The Hall–Kier alpha value is -1.96. The monoisotopic (exact) mass is 414 g/mol. The van der Waals surface area contributed by atoms with Crippen LogP contribution in [0.4, 0.5) is 5.13 Å². The van der Waals surface area contributed by atoms with Crippen molar-refractivity contribution in [2.75, 3.05) is 45.2 Å². The molecule has 4 rings (SSSR count). The minimum Gasteiger partial charge on any atom is -0.354 e. The molecule has 0 atom stereocenters. The Kier molecular flexibility index (Phi) is 5.66. The predicted octanol–water partition coefficient (Wildman–Crippen LogP) is 4.08. The molecule has 0 spiro atoms. The van der Waals surface area contributed by atoms with Crippen LogP contribution in [0.1, 0.15) is 27.2 Å². The van der Waals surface area contributed by atoms with Crippen LogP contribution in [0.25, 0.3) is 9.53 Å². The van der Waals surface area contributed by atoms with E-state index in [0.717, 1.165) is 58.7 Å². The Bertz CT molecular complexity index is 929. The first-order chi connectivity index (χ1) is 13.5. The maximum absolute atomic E-state index is 13.0. The number of aryl methyl sites for hydroxylation is 1. The Morgan fingerprint density at radius 3 is 2.61 bits per heavy atom. The second-order valence-corrected chi connectivity index (χ2v) is 9.62. The van der Waals surface area contributed by atoms with E-state index in [1.165, 1.54) is 22.5 Å². The normalized spacial score (nSPS) is 15.8. The number of thiazole rings is 1. The molecule has 1 aromatic carbocycles. The summed E-state index contributed by atoms with van der Waals surface area (Å²) in [5.74, 6) is 0.152. The van der Waals surface area contributed by atoms with E-state index in [0.29, 0.717) is 0 Å². The number of fused-ring (bicyclic) bond motifs is 1. The van der Waals surface area contributed by atoms with Crippen LogP contribution in [0.15, 0.2) is 30.3 Å². The quantitative estimate of drug-likeness (QED) is 0.645. The van der Waals surface area contributed by atoms with Gasteiger partial charge in [-0.05, 0) is 25.0 Å². The summed E-state index contributed by atoms with van der Waals surface area (Å²) in [5.41, 5.74) is 2.63. The van der Waals surface area contributed by atoms with Crippen molar-refractivity contribution in [1.29, 1.82) is 0 Å². The van der Waals surface area contributed by atoms with Gasteiger partial charge < -0.3 is 9.80 Å². The number of thiophene rings is 1. The highest BCUT2D eigenvalue weighted by Gasteiger charge is 2.23. The average molecular weight is 415 g/mol. The van der Waals surface area contributed by atoms with Gasteiger partial charge in [0.1, 0.15) is 4.83 Å². The molecule has 0 unspecified atom stereocenters. The fourth-order valence-electron chi connectivity index (χ4n) is 3.46. The van der Waals surface area contributed by atoms with Gasteiger partial charge in [-0.2, -0.15) is 0 Å². The smallest absolute Gasteiger partial charge is 0.264 e. The van der Waals surface area contributed by atoms with Gasteiger partial charge in [0, 0.05) is 46.8 Å². The van der Waals surface area contributed by atoms with Crippen molar-refractivity contribution in [3.05, 3.63) is 46.3 Å². The van der Waals surface area contributed by atoms with Crippen LogP contribution in [0.2, 0.25) is 0 Å². The number of aromatic nitrogens is 1. The van der Waals surface area contributed by atoms with Crippen molar-refractivity contribution >= 4 is 43.2 Å². The molecule has 0 radical (unpaired) electrons. The van der Waals surface area contributed by atoms with Crippen LogP contribution in [-0.2, 0) is 6.54 Å². The molecule has 0 saturated carbocycles. The van der Waals surface area contributed by atoms with Crippen LogP contribution in [0, 0.1) is 6.92 Å². The van der Waals surface area contributed by atoms with Crippen LogP contribution in [0.5, 0.6) is 0 Å². The number of hydrogen-bond donors (Lipinski definition) is 0. The number of nitrogens with zero attached hydrogens (tertiary/aromatic N) is 4. The third-order valence-electron chi connectivity index (χ3n) is 5.07. The molecule has 0 aliphatic carbocycles. The number of carbonyl (C=O) groups is 1. The lowest BCUT2D eigenvalue weighted by Crippen LogP contribution is -2.34. The van der Waals surface area contributed by atoms with E-state index >= 15 is 0 Å². The molecule has 2 aromatic heterocycles. The molecule has 3 aromatic rings. The van der Waals surface area contributed by atoms with E-state index in [2.05, 4.69) is 41.1 Å². The molecule has 5 nitrogen and oxygen atoms in total. The lowest BCUT2D eigenvalue weighted by Gasteiger charge is -2.21. The maximum atomic E-state index is 13.0. The molecule has 1 saturated heterocycles. The van der Waals surface area contributed by atoms with Gasteiger partial charge in [-0.1, -0.05) is 41.2 Å². The molecule has 0 N–H and O–H groups in total. The fourth-order valence-corrected chi connectivity index (χ4v) is 5.56. The number of anilines is 1. The van der Waals surface area contributed by atoms with Gasteiger partial charge in [0.2, 0.25) is 0 Å². The highest BCUT2D eigenvalue weighted by Crippen LogP contribution is 2.34. The molecule has 1 aliphatic heterocycles. The Labute approximate surface area is 174 Å². The van der Waals surface area contributed by atoms with E-state index in [1.807, 2.05) is 30.0 Å². The van der Waals surface area contributed by atoms with Gasteiger partial charge in [0.25, 0.3) is 5.91 Å². The first-order valence-corrected chi connectivity index (χ1v) is 11.3. The Morgan fingerprint density at radius 2 is 1.89 bits per heavy atom. The van der Waals surface area contributed by atoms with Crippen molar-refractivity contribution in [2.24, 2.45) is 0 Å². The summed E-state index contributed by atoms with van der Waals surface area (Å²) in [5, 5.41) is 0.988. The minimum absolute atomic E-state index is 0.152. The average Bonchev–Trinajstić information content (AvgIpc) is 3.16. The van der Waals surface area contributed by atoms with Crippen molar-refractivity contribution in [2.45, 2.75) is 19.9 Å². The minimum atomic E-state index is 0.152. The summed E-state index contributed by atoms with van der Waals surface area (Å²) in [6.45, 7) is 6.63. The summed E-state index contributed by atoms with van der Waals surface area (Å²) in [6.07, 6.45) is 1.01. The molecular weight excluding hydrogens is 388 g/mol. The zero-order chi connectivity index (χ0) is 19.7. The predicted molar refractivity (Wildman–Crippen MR) is 119 cm³/mol. The number of carbonyl (C=O) groups excluding carboxylic acids is 1. The van der Waals surface area contributed by atoms with E-state index < -0.39 is 0 Å². The first-order valence-electron chi connectivity index (χ1n) is 9.64. The molecule has 3 heterocycles. The van der Waals surface area contributed by atoms with Crippen molar-refractivity contribution in [3.8, 4) is 0 Å². The summed E-state index contributed by atoms with van der Waals surface area (Å²) < 4.78 is 1.10. The molecule has 1 aliphatic rings. The molecule has 7 heteroatoms. The SMILES string of the molecule is Cc1ccc(CN2CCCN(C(=O)c3cc4sc(N(C)C)nc4s3)CC2)cc1. The molecule has 28 heavy (non-hydrogen) atoms. The third kappa shape index (κ3) is 4.21. The number of benzene rings is 1. The van der Waals surface area contributed by atoms with Gasteiger partial charge >= 0.3 is 0 Å².